The molecule has 160 valence electrons. The number of H-pyrrole nitrogens is 2. The van der Waals surface area contributed by atoms with Gasteiger partial charge in [0.2, 0.25) is 0 Å². The molecule has 7 heteroatoms. The van der Waals surface area contributed by atoms with E-state index in [-0.39, 0.29) is 0 Å². The number of pyridine rings is 3. The lowest BCUT2D eigenvalue weighted by Crippen LogP contribution is -2.12. The Labute approximate surface area is 190 Å². The number of rotatable bonds is 6. The molecule has 7 nitrogen and oxygen atoms in total. The van der Waals surface area contributed by atoms with Crippen LogP contribution in [0.4, 0.5) is 0 Å². The van der Waals surface area contributed by atoms with Gasteiger partial charge in [0.25, 0.3) is 0 Å². The molecule has 0 radical (unpaired) electrons. The molecule has 0 fully saturated rings. The number of hydrogen-bond acceptors (Lipinski definition) is 5. The van der Waals surface area contributed by atoms with Gasteiger partial charge >= 0.3 is 0 Å². The molecule has 0 aliphatic rings. The number of benzene rings is 1. The summed E-state index contributed by atoms with van der Waals surface area (Å²) in [6.45, 7) is 1.56. The summed E-state index contributed by atoms with van der Waals surface area (Å²) in [5.74, 6) is 0. The molecule has 0 amide bonds. The molecule has 5 heterocycles. The molecule has 0 bridgehead atoms. The van der Waals surface area contributed by atoms with Crippen molar-refractivity contribution in [3.63, 3.8) is 0 Å². The highest BCUT2D eigenvalue weighted by atomic mass is 15.2. The van der Waals surface area contributed by atoms with Crippen LogP contribution in [0.1, 0.15) is 11.1 Å². The van der Waals surface area contributed by atoms with Crippen molar-refractivity contribution in [3.05, 3.63) is 96.7 Å². The summed E-state index contributed by atoms with van der Waals surface area (Å²) in [7, 11) is 0. The summed E-state index contributed by atoms with van der Waals surface area (Å²) in [5.41, 5.74) is 7.95. The molecule has 6 rings (SSSR count). The van der Waals surface area contributed by atoms with Crippen molar-refractivity contribution in [3.8, 4) is 22.5 Å². The second-order valence-electron chi connectivity index (χ2n) is 8.01. The third-order valence-corrected chi connectivity index (χ3v) is 5.72. The smallest absolute Gasteiger partial charge is 0.155 e. The van der Waals surface area contributed by atoms with Crippen LogP contribution in [-0.4, -0.2) is 30.1 Å². The van der Waals surface area contributed by atoms with Crippen LogP contribution in [0.2, 0.25) is 0 Å². The van der Waals surface area contributed by atoms with Gasteiger partial charge in [-0.05, 0) is 35.4 Å². The zero-order valence-electron chi connectivity index (χ0n) is 17.8. The first-order valence-corrected chi connectivity index (χ1v) is 10.8. The lowest BCUT2D eigenvalue weighted by molar-refractivity contribution is 0.691. The van der Waals surface area contributed by atoms with E-state index in [9.17, 15) is 0 Å². The average Bonchev–Trinajstić information content (AvgIpc) is 3.48. The zero-order valence-corrected chi connectivity index (χ0v) is 17.8. The number of fused-ring (bicyclic) bond motifs is 2. The highest BCUT2D eigenvalue weighted by molar-refractivity contribution is 5.95. The van der Waals surface area contributed by atoms with Gasteiger partial charge in [-0.1, -0.05) is 30.3 Å². The van der Waals surface area contributed by atoms with Gasteiger partial charge < -0.3 is 10.3 Å². The van der Waals surface area contributed by atoms with E-state index in [0.29, 0.717) is 0 Å². The largest absolute Gasteiger partial charge is 0.353 e. The molecular formula is C26H21N7. The number of nitrogens with one attached hydrogen (secondary N) is 3. The van der Waals surface area contributed by atoms with Gasteiger partial charge in [0.1, 0.15) is 5.69 Å². The summed E-state index contributed by atoms with van der Waals surface area (Å²) in [5, 5.41) is 13.1. The molecule has 0 unspecified atom stereocenters. The zero-order chi connectivity index (χ0) is 22.0. The number of nitrogens with zero attached hydrogens (tertiary/aromatic N) is 4. The van der Waals surface area contributed by atoms with Crippen LogP contribution in [0, 0.1) is 0 Å². The second-order valence-corrected chi connectivity index (χ2v) is 8.01. The molecular weight excluding hydrogens is 410 g/mol. The van der Waals surface area contributed by atoms with E-state index in [4.69, 9.17) is 0 Å². The number of hydrogen-bond donors (Lipinski definition) is 3. The maximum Gasteiger partial charge on any atom is 0.155 e. The third kappa shape index (κ3) is 3.86. The Hall–Kier alpha value is -4.36. The fraction of sp³-hybridized carbons (Fsp3) is 0.0769. The quantitative estimate of drug-likeness (QED) is 0.350. The van der Waals surface area contributed by atoms with Crippen LogP contribution >= 0.6 is 0 Å². The molecule has 0 aliphatic carbocycles. The van der Waals surface area contributed by atoms with E-state index in [1.54, 1.807) is 6.20 Å². The number of aromatic nitrogens is 6. The van der Waals surface area contributed by atoms with E-state index >= 15 is 0 Å². The molecule has 0 aliphatic heterocycles. The summed E-state index contributed by atoms with van der Waals surface area (Å²) >= 11 is 0. The lowest BCUT2D eigenvalue weighted by atomic mass is 10.1. The third-order valence-electron chi connectivity index (χ3n) is 5.72. The highest BCUT2D eigenvalue weighted by Gasteiger charge is 2.13. The van der Waals surface area contributed by atoms with Crippen molar-refractivity contribution >= 4 is 21.9 Å². The molecule has 0 spiro atoms. The summed E-state index contributed by atoms with van der Waals surface area (Å²) in [4.78, 5) is 16.7. The van der Waals surface area contributed by atoms with Gasteiger partial charge in [0.05, 0.1) is 5.69 Å². The monoisotopic (exact) mass is 431 g/mol. The van der Waals surface area contributed by atoms with Crippen molar-refractivity contribution in [2.45, 2.75) is 13.1 Å². The minimum atomic E-state index is 0.742. The summed E-state index contributed by atoms with van der Waals surface area (Å²) < 4.78 is 0. The van der Waals surface area contributed by atoms with Crippen molar-refractivity contribution in [1.29, 1.82) is 0 Å². The minimum Gasteiger partial charge on any atom is -0.353 e. The van der Waals surface area contributed by atoms with Crippen LogP contribution in [0.5, 0.6) is 0 Å². The average molecular weight is 432 g/mol. The Kier molecular flexibility index (Phi) is 4.86. The lowest BCUT2D eigenvalue weighted by Gasteiger charge is -2.07. The summed E-state index contributed by atoms with van der Waals surface area (Å²) in [6.07, 6.45) is 9.25. The molecule has 3 N–H and O–H groups in total. The fourth-order valence-corrected chi connectivity index (χ4v) is 4.06. The summed E-state index contributed by atoms with van der Waals surface area (Å²) in [6, 6.07) is 18.7. The SMILES string of the molecule is c1ccc(CNCc2cncc(-c3cnc4[nH]nc(-c5cc6cnccc6[nH]5)c4c3)c2)cc1. The molecule has 5 aromatic heterocycles. The number of aromatic amines is 2. The molecule has 33 heavy (non-hydrogen) atoms. The Morgan fingerprint density at radius 1 is 0.788 bits per heavy atom. The molecule has 0 saturated heterocycles. The topological polar surface area (TPSA) is 95.2 Å². The van der Waals surface area contributed by atoms with E-state index in [0.717, 1.165) is 63.1 Å². The first-order valence-electron chi connectivity index (χ1n) is 10.8. The predicted molar refractivity (Wildman–Crippen MR) is 129 cm³/mol. The predicted octanol–water partition coefficient (Wildman–Crippen LogP) is 4.85. The maximum absolute atomic E-state index is 4.60. The van der Waals surface area contributed by atoms with Crippen molar-refractivity contribution in [2.24, 2.45) is 0 Å². The van der Waals surface area contributed by atoms with Gasteiger partial charge in [-0.15, -0.1) is 0 Å². The molecule has 0 saturated carbocycles. The van der Waals surface area contributed by atoms with Crippen LogP contribution in [0.15, 0.2) is 85.6 Å². The minimum absolute atomic E-state index is 0.742. The van der Waals surface area contributed by atoms with Gasteiger partial charge in [-0.3, -0.25) is 15.1 Å². The van der Waals surface area contributed by atoms with Crippen molar-refractivity contribution < 1.29 is 0 Å². The van der Waals surface area contributed by atoms with Crippen molar-refractivity contribution in [1.82, 2.24) is 35.5 Å². The molecule has 0 atom stereocenters. The Bertz CT molecular complexity index is 1520. The van der Waals surface area contributed by atoms with Gasteiger partial charge in [0, 0.05) is 71.5 Å². The standard InChI is InChI=1S/C26H21N7/c1-2-4-17(5-3-1)11-28-12-18-8-19(14-29-13-18)20-9-22-25(32-33-26(22)30-16-20)24-10-21-15-27-7-6-23(21)31-24/h1-10,13-16,28,31H,11-12H2,(H,30,32,33). The van der Waals surface area contributed by atoms with E-state index < -0.39 is 0 Å². The van der Waals surface area contributed by atoms with Crippen LogP contribution in [-0.2, 0) is 13.1 Å². The fourth-order valence-electron chi connectivity index (χ4n) is 4.06. The van der Waals surface area contributed by atoms with Crippen LogP contribution in [0.3, 0.4) is 0 Å². The second kappa shape index (κ2) is 8.29. The first kappa shape index (κ1) is 19.3. The normalized spacial score (nSPS) is 11.4. The van der Waals surface area contributed by atoms with E-state index in [1.807, 2.05) is 36.9 Å². The molecule has 1 aromatic carbocycles. The Morgan fingerprint density at radius 3 is 2.58 bits per heavy atom. The molecule has 6 aromatic rings. The Balaban J connectivity index is 1.28. The van der Waals surface area contributed by atoms with Crippen LogP contribution < -0.4 is 5.32 Å². The van der Waals surface area contributed by atoms with Gasteiger partial charge in [-0.25, -0.2) is 4.98 Å². The van der Waals surface area contributed by atoms with Crippen molar-refractivity contribution in [2.75, 3.05) is 0 Å². The Morgan fingerprint density at radius 2 is 1.67 bits per heavy atom. The highest BCUT2D eigenvalue weighted by Crippen LogP contribution is 2.30. The van der Waals surface area contributed by atoms with E-state index in [2.05, 4.69) is 77.9 Å². The van der Waals surface area contributed by atoms with E-state index in [1.165, 1.54) is 5.56 Å². The maximum atomic E-state index is 4.60. The van der Waals surface area contributed by atoms with Gasteiger partial charge in [-0.2, -0.15) is 5.10 Å². The van der Waals surface area contributed by atoms with Gasteiger partial charge in [0.15, 0.2) is 5.65 Å². The van der Waals surface area contributed by atoms with Crippen LogP contribution in [0.25, 0.3) is 44.5 Å². The first-order chi connectivity index (χ1) is 16.3.